The topological polar surface area (TPSA) is 0 Å². The van der Waals surface area contributed by atoms with Crippen molar-refractivity contribution in [3.05, 3.63) is 30.7 Å². The zero-order valence-electron chi connectivity index (χ0n) is 7.96. The summed E-state index contributed by atoms with van der Waals surface area (Å²) in [7, 11) is 0. The highest BCUT2D eigenvalue weighted by Gasteiger charge is 2.45. The van der Waals surface area contributed by atoms with Crippen LogP contribution in [0.15, 0.2) is 24.3 Å². The lowest BCUT2D eigenvalue weighted by Crippen LogP contribution is -2.28. The summed E-state index contributed by atoms with van der Waals surface area (Å²) in [5, 5.41) is 0. The van der Waals surface area contributed by atoms with Crippen molar-refractivity contribution in [1.82, 2.24) is 0 Å². The van der Waals surface area contributed by atoms with E-state index in [0.29, 0.717) is 5.41 Å². The molecule has 0 heterocycles. The minimum Gasteiger partial charge on any atom is -0.0799 e. The molecule has 1 saturated carbocycles. The van der Waals surface area contributed by atoms with Crippen LogP contribution in [0.3, 0.4) is 0 Å². The second-order valence-electron chi connectivity index (χ2n) is 4.34. The smallest absolute Gasteiger partial charge is 0.000486 e. The molecule has 0 aromatic heterocycles. The number of allylic oxidation sites excluding steroid dienone is 4. The summed E-state index contributed by atoms with van der Waals surface area (Å²) in [4.78, 5) is 0. The third-order valence-electron chi connectivity index (χ3n) is 3.28. The second-order valence-corrected chi connectivity index (χ2v) is 4.34. The van der Waals surface area contributed by atoms with E-state index in [1.54, 1.807) is 0 Å². The van der Waals surface area contributed by atoms with Crippen molar-refractivity contribution >= 4 is 0 Å². The molecule has 1 radical (unpaired) electrons. The van der Waals surface area contributed by atoms with E-state index in [1.165, 1.54) is 12.8 Å². The van der Waals surface area contributed by atoms with Gasteiger partial charge in [-0.25, -0.2) is 0 Å². The molecule has 0 heteroatoms. The quantitative estimate of drug-likeness (QED) is 0.582. The molecule has 12 heavy (non-hydrogen) atoms. The molecule has 1 atom stereocenters. The Morgan fingerprint density at radius 3 is 2.33 bits per heavy atom. The van der Waals surface area contributed by atoms with Crippen molar-refractivity contribution in [2.75, 3.05) is 0 Å². The molecule has 2 aliphatic carbocycles. The standard InChI is InChI=1S/C12H17/c1-10(2)12(11-6-7-11)8-4-3-5-9-12/h3-5,8-11H,6-7H2,1-2H3. The van der Waals surface area contributed by atoms with Gasteiger partial charge >= 0.3 is 0 Å². The molecule has 0 amide bonds. The Labute approximate surface area is 75.4 Å². The highest BCUT2D eigenvalue weighted by molar-refractivity contribution is 5.28. The van der Waals surface area contributed by atoms with E-state index in [1.807, 2.05) is 0 Å². The molecule has 2 aliphatic rings. The Morgan fingerprint density at radius 1 is 1.17 bits per heavy atom. The first-order valence-corrected chi connectivity index (χ1v) is 4.96. The van der Waals surface area contributed by atoms with Crippen LogP contribution in [0.4, 0.5) is 0 Å². The fraction of sp³-hybridized carbons (Fsp3) is 0.583. The van der Waals surface area contributed by atoms with Crippen LogP contribution < -0.4 is 0 Å². The summed E-state index contributed by atoms with van der Waals surface area (Å²) in [6.45, 7) is 4.66. The van der Waals surface area contributed by atoms with Crippen molar-refractivity contribution in [3.63, 3.8) is 0 Å². The van der Waals surface area contributed by atoms with Crippen LogP contribution >= 0.6 is 0 Å². The van der Waals surface area contributed by atoms with Gasteiger partial charge in [0, 0.05) is 5.41 Å². The van der Waals surface area contributed by atoms with E-state index in [9.17, 15) is 0 Å². The summed E-state index contributed by atoms with van der Waals surface area (Å²) < 4.78 is 0. The van der Waals surface area contributed by atoms with E-state index >= 15 is 0 Å². The number of hydrogen-bond acceptors (Lipinski definition) is 0. The molecule has 0 saturated heterocycles. The molecular weight excluding hydrogens is 144 g/mol. The van der Waals surface area contributed by atoms with Crippen molar-refractivity contribution in [2.24, 2.45) is 17.3 Å². The second kappa shape index (κ2) is 2.76. The van der Waals surface area contributed by atoms with Crippen LogP contribution in [0.25, 0.3) is 0 Å². The monoisotopic (exact) mass is 161 g/mol. The Bertz CT molecular complexity index is 214. The number of hydrogen-bond donors (Lipinski definition) is 0. The van der Waals surface area contributed by atoms with Crippen LogP contribution in [-0.4, -0.2) is 0 Å². The van der Waals surface area contributed by atoms with Crippen molar-refractivity contribution < 1.29 is 0 Å². The van der Waals surface area contributed by atoms with Crippen molar-refractivity contribution in [2.45, 2.75) is 26.7 Å². The molecular formula is C12H17. The summed E-state index contributed by atoms with van der Waals surface area (Å²) in [5.41, 5.74) is 0.398. The van der Waals surface area contributed by atoms with Crippen LogP contribution in [0.2, 0.25) is 0 Å². The van der Waals surface area contributed by atoms with Gasteiger partial charge in [0.15, 0.2) is 0 Å². The predicted octanol–water partition coefficient (Wildman–Crippen LogP) is 3.37. The van der Waals surface area contributed by atoms with E-state index in [-0.39, 0.29) is 0 Å². The summed E-state index contributed by atoms with van der Waals surface area (Å²) in [6.07, 6.45) is 14.2. The highest BCUT2D eigenvalue weighted by atomic mass is 14.5. The van der Waals surface area contributed by atoms with Gasteiger partial charge in [0.2, 0.25) is 0 Å². The van der Waals surface area contributed by atoms with Crippen molar-refractivity contribution in [1.29, 1.82) is 0 Å². The lowest BCUT2D eigenvalue weighted by molar-refractivity contribution is 0.278. The predicted molar refractivity (Wildman–Crippen MR) is 52.6 cm³/mol. The average molecular weight is 161 g/mol. The molecule has 0 nitrogen and oxygen atoms in total. The Balaban J connectivity index is 2.22. The lowest BCUT2D eigenvalue weighted by atomic mass is 9.69. The SMILES string of the molecule is CC(C)C1(C2CC2)[CH]C=CC=C1. The normalized spacial score (nSPS) is 34.6. The number of rotatable bonds is 2. The first kappa shape index (κ1) is 8.10. The Kier molecular flexibility index (Phi) is 1.86. The lowest BCUT2D eigenvalue weighted by Gasteiger charge is -2.35. The largest absolute Gasteiger partial charge is 0.0799 e. The minimum atomic E-state index is 0.398. The Hall–Kier alpha value is -0.520. The summed E-state index contributed by atoms with van der Waals surface area (Å²) in [6, 6.07) is 0. The molecule has 65 valence electrons. The summed E-state index contributed by atoms with van der Waals surface area (Å²) in [5.74, 6) is 1.67. The minimum absolute atomic E-state index is 0.398. The van der Waals surface area contributed by atoms with Gasteiger partial charge in [0.05, 0.1) is 0 Å². The van der Waals surface area contributed by atoms with Crippen molar-refractivity contribution in [3.8, 4) is 0 Å². The fourth-order valence-electron chi connectivity index (χ4n) is 2.28. The first-order valence-electron chi connectivity index (χ1n) is 4.96. The maximum atomic E-state index is 2.40. The zero-order valence-corrected chi connectivity index (χ0v) is 7.96. The fourth-order valence-corrected chi connectivity index (χ4v) is 2.28. The van der Waals surface area contributed by atoms with Crippen LogP contribution in [0, 0.1) is 23.7 Å². The Morgan fingerprint density at radius 2 is 1.92 bits per heavy atom. The van der Waals surface area contributed by atoms with E-state index in [4.69, 9.17) is 0 Å². The summed E-state index contributed by atoms with van der Waals surface area (Å²) >= 11 is 0. The molecule has 2 rings (SSSR count). The third-order valence-corrected chi connectivity index (χ3v) is 3.28. The van der Waals surface area contributed by atoms with Gasteiger partial charge in [-0.3, -0.25) is 0 Å². The van der Waals surface area contributed by atoms with Gasteiger partial charge in [-0.15, -0.1) is 0 Å². The first-order chi connectivity index (χ1) is 5.76. The van der Waals surface area contributed by atoms with Gasteiger partial charge in [0.1, 0.15) is 0 Å². The van der Waals surface area contributed by atoms with Gasteiger partial charge in [-0.2, -0.15) is 0 Å². The van der Waals surface area contributed by atoms with E-state index in [0.717, 1.165) is 11.8 Å². The van der Waals surface area contributed by atoms with Gasteiger partial charge < -0.3 is 0 Å². The molecule has 1 unspecified atom stereocenters. The van der Waals surface area contributed by atoms with Gasteiger partial charge in [0.25, 0.3) is 0 Å². The molecule has 0 N–H and O–H groups in total. The highest BCUT2D eigenvalue weighted by Crippen LogP contribution is 2.53. The van der Waals surface area contributed by atoms with E-state index < -0.39 is 0 Å². The third kappa shape index (κ3) is 1.14. The molecule has 0 bridgehead atoms. The molecule has 1 fully saturated rings. The maximum absolute atomic E-state index is 2.40. The molecule has 0 aromatic carbocycles. The molecule has 0 aliphatic heterocycles. The van der Waals surface area contributed by atoms with Crippen LogP contribution in [0.5, 0.6) is 0 Å². The zero-order chi connectivity index (χ0) is 8.60. The van der Waals surface area contributed by atoms with Gasteiger partial charge in [-0.05, 0) is 31.1 Å². The average Bonchev–Trinajstić information content (AvgIpc) is 2.88. The van der Waals surface area contributed by atoms with Crippen LogP contribution in [0.1, 0.15) is 26.7 Å². The van der Waals surface area contributed by atoms with Crippen LogP contribution in [-0.2, 0) is 0 Å². The molecule has 0 spiro atoms. The van der Waals surface area contributed by atoms with E-state index in [2.05, 4.69) is 44.6 Å². The van der Waals surface area contributed by atoms with Gasteiger partial charge in [-0.1, -0.05) is 38.2 Å². The molecule has 0 aromatic rings. The maximum Gasteiger partial charge on any atom is 0.000486 e.